The number of hydrogen-bond donors (Lipinski definition) is 3. The first-order valence-electron chi connectivity index (χ1n) is 7.52. The van der Waals surface area contributed by atoms with Crippen molar-refractivity contribution in [3.8, 4) is 6.07 Å². The molecule has 0 saturated heterocycles. The van der Waals surface area contributed by atoms with Crippen molar-refractivity contribution in [2.75, 3.05) is 5.32 Å². The number of primary amides is 1. The van der Waals surface area contributed by atoms with Crippen LogP contribution >= 0.6 is 11.6 Å². The van der Waals surface area contributed by atoms with Gasteiger partial charge in [0.15, 0.2) is 11.6 Å². The van der Waals surface area contributed by atoms with Crippen molar-refractivity contribution in [2.45, 2.75) is 0 Å². The van der Waals surface area contributed by atoms with Crippen LogP contribution in [-0.2, 0) is 0 Å². The number of amides is 1. The predicted molar refractivity (Wildman–Crippen MR) is 100 cm³/mol. The van der Waals surface area contributed by atoms with Crippen LogP contribution in [0.3, 0.4) is 0 Å². The summed E-state index contributed by atoms with van der Waals surface area (Å²) in [5.74, 6) is -0.187. The van der Waals surface area contributed by atoms with E-state index in [9.17, 15) is 4.79 Å². The summed E-state index contributed by atoms with van der Waals surface area (Å²) in [7, 11) is 0. The number of rotatable bonds is 5. The lowest BCUT2D eigenvalue weighted by atomic mass is 10.2. The third-order valence-electron chi connectivity index (χ3n) is 3.46. The van der Waals surface area contributed by atoms with E-state index >= 15 is 0 Å². The number of benzene rings is 2. The molecule has 2 aromatic carbocycles. The van der Waals surface area contributed by atoms with Crippen LogP contribution in [-0.4, -0.2) is 22.3 Å². The van der Waals surface area contributed by atoms with E-state index in [2.05, 4.69) is 20.5 Å². The molecule has 1 amide bonds. The third kappa shape index (κ3) is 3.88. The maximum absolute atomic E-state index is 11.8. The number of nitrogens with one attached hydrogen (secondary N) is 2. The number of H-pyrrole nitrogens is 1. The van der Waals surface area contributed by atoms with Gasteiger partial charge in [0.25, 0.3) is 5.91 Å². The minimum absolute atomic E-state index is 0.134. The van der Waals surface area contributed by atoms with Gasteiger partial charge in [0.1, 0.15) is 5.56 Å². The lowest BCUT2D eigenvalue weighted by Gasteiger charge is -2.04. The van der Waals surface area contributed by atoms with Gasteiger partial charge in [-0.25, -0.2) is 4.99 Å². The van der Waals surface area contributed by atoms with Crippen molar-refractivity contribution in [1.82, 2.24) is 10.2 Å². The summed E-state index contributed by atoms with van der Waals surface area (Å²) >= 11 is 5.95. The molecule has 0 fully saturated rings. The smallest absolute Gasteiger partial charge is 0.256 e. The van der Waals surface area contributed by atoms with Crippen molar-refractivity contribution in [3.63, 3.8) is 0 Å². The summed E-state index contributed by atoms with van der Waals surface area (Å²) in [4.78, 5) is 16.1. The van der Waals surface area contributed by atoms with Gasteiger partial charge in [-0.05, 0) is 35.9 Å². The number of anilines is 2. The zero-order valence-corrected chi connectivity index (χ0v) is 14.2. The highest BCUT2D eigenvalue weighted by atomic mass is 35.5. The van der Waals surface area contributed by atoms with Gasteiger partial charge in [-0.2, -0.15) is 10.4 Å². The number of aromatic nitrogens is 2. The molecule has 26 heavy (non-hydrogen) atoms. The molecule has 3 rings (SSSR count). The molecule has 0 aliphatic heterocycles. The highest BCUT2D eigenvalue weighted by Gasteiger charge is 2.18. The van der Waals surface area contributed by atoms with E-state index in [0.717, 1.165) is 5.56 Å². The third-order valence-corrected chi connectivity index (χ3v) is 3.70. The second kappa shape index (κ2) is 7.51. The van der Waals surface area contributed by atoms with Crippen molar-refractivity contribution in [2.24, 2.45) is 10.7 Å². The molecular weight excluding hydrogens is 352 g/mol. The lowest BCUT2D eigenvalue weighted by Crippen LogP contribution is -2.12. The Morgan fingerprint density at radius 3 is 2.73 bits per heavy atom. The Bertz CT molecular complexity index is 1020. The van der Waals surface area contributed by atoms with E-state index < -0.39 is 5.91 Å². The summed E-state index contributed by atoms with van der Waals surface area (Å²) in [5.41, 5.74) is 7.58. The summed E-state index contributed by atoms with van der Waals surface area (Å²) < 4.78 is 0. The molecule has 0 aliphatic rings. The molecule has 0 aliphatic carbocycles. The average Bonchev–Trinajstić information content (AvgIpc) is 3.03. The zero-order valence-electron chi connectivity index (χ0n) is 13.4. The molecule has 3 aromatic rings. The number of carbonyl (C=O) groups is 1. The number of nitriles is 1. The normalized spacial score (nSPS) is 10.6. The minimum atomic E-state index is -0.671. The number of nitrogens with two attached hydrogens (primary N) is 1. The van der Waals surface area contributed by atoms with E-state index in [1.54, 1.807) is 54.7 Å². The number of carbonyl (C=O) groups excluding carboxylic acids is 1. The zero-order chi connectivity index (χ0) is 18.5. The standard InChI is InChI=1S/C18H13ClN6O/c19-13-2-1-3-14(8-13)23-18-15(16(21)26)17(24-25-18)22-10-12-6-4-11(9-20)5-7-12/h1-8,10H,(H2,21,26)(H2,23,24,25)/b22-10+. The Labute approximate surface area is 154 Å². The van der Waals surface area contributed by atoms with E-state index in [1.807, 2.05) is 6.07 Å². The molecule has 8 heteroatoms. The maximum atomic E-state index is 11.8. The first-order valence-corrected chi connectivity index (χ1v) is 7.89. The van der Waals surface area contributed by atoms with Gasteiger partial charge in [-0.3, -0.25) is 9.89 Å². The first kappa shape index (κ1) is 17.2. The quantitative estimate of drug-likeness (QED) is 0.599. The molecule has 4 N–H and O–H groups in total. The van der Waals surface area contributed by atoms with E-state index in [0.29, 0.717) is 16.3 Å². The fraction of sp³-hybridized carbons (Fsp3) is 0. The Morgan fingerprint density at radius 2 is 2.08 bits per heavy atom. The number of aromatic amines is 1. The van der Waals surface area contributed by atoms with Crippen molar-refractivity contribution < 1.29 is 4.79 Å². The van der Waals surface area contributed by atoms with Gasteiger partial charge in [-0.15, -0.1) is 0 Å². The van der Waals surface area contributed by atoms with Crippen LogP contribution in [0.25, 0.3) is 0 Å². The van der Waals surface area contributed by atoms with E-state index in [4.69, 9.17) is 22.6 Å². The minimum Gasteiger partial charge on any atom is -0.365 e. The summed E-state index contributed by atoms with van der Waals surface area (Å²) in [6, 6.07) is 15.9. The molecule has 1 aromatic heterocycles. The first-order chi connectivity index (χ1) is 12.6. The van der Waals surface area contributed by atoms with Crippen molar-refractivity contribution >= 4 is 41.0 Å². The van der Waals surface area contributed by atoms with Crippen LogP contribution in [0.4, 0.5) is 17.3 Å². The van der Waals surface area contributed by atoms with Gasteiger partial charge in [0.2, 0.25) is 0 Å². The molecule has 0 unspecified atom stereocenters. The molecule has 1 heterocycles. The molecule has 128 valence electrons. The lowest BCUT2D eigenvalue weighted by molar-refractivity contribution is 0.100. The number of aliphatic imine (C=N–C) groups is 1. The summed E-state index contributed by atoms with van der Waals surface area (Å²) in [5, 5.41) is 19.1. The number of hydrogen-bond acceptors (Lipinski definition) is 5. The van der Waals surface area contributed by atoms with Crippen molar-refractivity contribution in [1.29, 1.82) is 5.26 Å². The average molecular weight is 365 g/mol. The van der Waals surface area contributed by atoms with E-state index in [1.165, 1.54) is 0 Å². The molecule has 0 spiro atoms. The van der Waals surface area contributed by atoms with Gasteiger partial charge in [0.05, 0.1) is 11.6 Å². The molecule has 0 atom stereocenters. The Balaban J connectivity index is 1.88. The fourth-order valence-electron chi connectivity index (χ4n) is 2.24. The number of halogens is 1. The Kier molecular flexibility index (Phi) is 4.97. The van der Waals surface area contributed by atoms with Crippen LogP contribution in [0.1, 0.15) is 21.5 Å². The maximum Gasteiger partial charge on any atom is 0.256 e. The highest BCUT2D eigenvalue weighted by Crippen LogP contribution is 2.27. The Morgan fingerprint density at radius 1 is 1.31 bits per heavy atom. The summed E-state index contributed by atoms with van der Waals surface area (Å²) in [6.45, 7) is 0. The van der Waals surface area contributed by atoms with Gasteiger partial charge in [0, 0.05) is 16.9 Å². The molecular formula is C18H13ClN6O. The van der Waals surface area contributed by atoms with Crippen LogP contribution in [0, 0.1) is 11.3 Å². The van der Waals surface area contributed by atoms with Crippen molar-refractivity contribution in [3.05, 3.63) is 70.2 Å². The topological polar surface area (TPSA) is 120 Å². The van der Waals surface area contributed by atoms with Crippen LogP contribution in [0.15, 0.2) is 53.5 Å². The van der Waals surface area contributed by atoms with Crippen LogP contribution < -0.4 is 11.1 Å². The predicted octanol–water partition coefficient (Wildman–Crippen LogP) is 3.53. The molecule has 7 nitrogen and oxygen atoms in total. The second-order valence-corrected chi connectivity index (χ2v) is 5.72. The molecule has 0 radical (unpaired) electrons. The molecule has 0 saturated carbocycles. The SMILES string of the molecule is N#Cc1ccc(/C=N/c2[nH]nc(Nc3cccc(Cl)c3)c2C(N)=O)cc1. The molecule has 0 bridgehead atoms. The summed E-state index contributed by atoms with van der Waals surface area (Å²) in [6.07, 6.45) is 1.55. The Hall–Kier alpha value is -3.63. The van der Waals surface area contributed by atoms with E-state index in [-0.39, 0.29) is 17.2 Å². The highest BCUT2D eigenvalue weighted by molar-refractivity contribution is 6.30. The number of nitrogens with zero attached hydrogens (tertiary/aromatic N) is 3. The van der Waals surface area contributed by atoms with Crippen LogP contribution in [0.5, 0.6) is 0 Å². The fourth-order valence-corrected chi connectivity index (χ4v) is 2.43. The van der Waals surface area contributed by atoms with Gasteiger partial charge in [-0.1, -0.05) is 29.8 Å². The van der Waals surface area contributed by atoms with Gasteiger partial charge >= 0.3 is 0 Å². The van der Waals surface area contributed by atoms with Crippen LogP contribution in [0.2, 0.25) is 5.02 Å². The monoisotopic (exact) mass is 364 g/mol. The largest absolute Gasteiger partial charge is 0.365 e. The van der Waals surface area contributed by atoms with Gasteiger partial charge < -0.3 is 11.1 Å². The second-order valence-electron chi connectivity index (χ2n) is 5.29.